The fourth-order valence-corrected chi connectivity index (χ4v) is 3.37. The highest BCUT2D eigenvalue weighted by Crippen LogP contribution is 2.28. The molecule has 0 saturated carbocycles. The van der Waals surface area contributed by atoms with Crippen molar-refractivity contribution < 1.29 is 23.5 Å². The first kappa shape index (κ1) is 21.4. The minimum atomic E-state index is -0.259. The van der Waals surface area contributed by atoms with Crippen molar-refractivity contribution in [3.05, 3.63) is 53.8 Å². The molecule has 0 radical (unpaired) electrons. The maximum Gasteiger partial charge on any atom is 0.257 e. The van der Waals surface area contributed by atoms with Gasteiger partial charge in [0.15, 0.2) is 18.1 Å². The van der Waals surface area contributed by atoms with E-state index in [-0.39, 0.29) is 24.2 Å². The van der Waals surface area contributed by atoms with Crippen molar-refractivity contribution in [3.63, 3.8) is 0 Å². The Bertz CT molecular complexity index is 888. The summed E-state index contributed by atoms with van der Waals surface area (Å²) in [7, 11) is 3.01. The van der Waals surface area contributed by atoms with Crippen LogP contribution in [0.3, 0.4) is 0 Å². The summed E-state index contributed by atoms with van der Waals surface area (Å²) in [4.78, 5) is 26.1. The molecule has 1 aliphatic heterocycles. The molecule has 30 heavy (non-hydrogen) atoms. The third-order valence-corrected chi connectivity index (χ3v) is 5.09. The van der Waals surface area contributed by atoms with Crippen LogP contribution < -0.4 is 25.0 Å². The lowest BCUT2D eigenvalue weighted by atomic mass is 10.1. The zero-order chi connectivity index (χ0) is 21.5. The van der Waals surface area contributed by atoms with Gasteiger partial charge in [0.05, 0.1) is 7.11 Å². The number of anilines is 1. The van der Waals surface area contributed by atoms with Crippen LogP contribution >= 0.6 is 0 Å². The molecule has 0 spiro atoms. The summed E-state index contributed by atoms with van der Waals surface area (Å²) in [6, 6.07) is 11.3. The fourth-order valence-electron chi connectivity index (χ4n) is 3.37. The van der Waals surface area contributed by atoms with Gasteiger partial charge in [0.1, 0.15) is 5.82 Å². The molecule has 0 aromatic heterocycles. The number of halogens is 1. The topological polar surface area (TPSA) is 79.9 Å². The maximum atomic E-state index is 13.1. The van der Waals surface area contributed by atoms with Crippen LogP contribution in [0, 0.1) is 11.7 Å². The van der Waals surface area contributed by atoms with Crippen molar-refractivity contribution >= 4 is 17.5 Å². The number of hydrogen-bond donors (Lipinski definition) is 2. The monoisotopic (exact) mass is 415 g/mol. The van der Waals surface area contributed by atoms with Crippen LogP contribution in [0.4, 0.5) is 10.1 Å². The summed E-state index contributed by atoms with van der Waals surface area (Å²) in [6.45, 7) is 2.09. The van der Waals surface area contributed by atoms with Gasteiger partial charge in [0, 0.05) is 37.9 Å². The van der Waals surface area contributed by atoms with Crippen molar-refractivity contribution in [1.29, 1.82) is 0 Å². The van der Waals surface area contributed by atoms with E-state index >= 15 is 0 Å². The molecule has 7 nitrogen and oxygen atoms in total. The van der Waals surface area contributed by atoms with Crippen molar-refractivity contribution in [2.45, 2.75) is 6.42 Å². The Morgan fingerprint density at radius 1 is 1.17 bits per heavy atom. The largest absolute Gasteiger partial charge is 0.493 e. The number of hydrogen-bond acceptors (Lipinski definition) is 5. The zero-order valence-electron chi connectivity index (χ0n) is 17.1. The Hall–Kier alpha value is -3.29. The van der Waals surface area contributed by atoms with E-state index in [1.165, 1.54) is 26.3 Å². The third kappa shape index (κ3) is 5.40. The molecular weight excluding hydrogens is 389 g/mol. The summed E-state index contributed by atoms with van der Waals surface area (Å²) in [5.74, 6) is 0.382. The van der Waals surface area contributed by atoms with E-state index in [0.717, 1.165) is 25.2 Å². The van der Waals surface area contributed by atoms with E-state index in [9.17, 15) is 14.0 Å². The van der Waals surface area contributed by atoms with Gasteiger partial charge in [0.25, 0.3) is 11.8 Å². The van der Waals surface area contributed by atoms with E-state index in [1.54, 1.807) is 30.3 Å². The van der Waals surface area contributed by atoms with Crippen LogP contribution in [-0.2, 0) is 4.79 Å². The molecule has 3 rings (SSSR count). The van der Waals surface area contributed by atoms with E-state index in [1.807, 2.05) is 0 Å². The molecular formula is C22H26FN3O4. The predicted molar refractivity (Wildman–Crippen MR) is 112 cm³/mol. The van der Waals surface area contributed by atoms with Crippen LogP contribution in [0.1, 0.15) is 16.8 Å². The molecule has 2 aromatic rings. The fraction of sp³-hybridized carbons (Fsp3) is 0.364. The van der Waals surface area contributed by atoms with Gasteiger partial charge in [-0.15, -0.1) is 0 Å². The number of benzene rings is 2. The van der Waals surface area contributed by atoms with Crippen molar-refractivity contribution in [2.75, 3.05) is 45.3 Å². The lowest BCUT2D eigenvalue weighted by Gasteiger charge is -2.19. The van der Waals surface area contributed by atoms with Crippen LogP contribution in [0.5, 0.6) is 11.5 Å². The Morgan fingerprint density at radius 3 is 2.63 bits per heavy atom. The van der Waals surface area contributed by atoms with Gasteiger partial charge in [-0.3, -0.25) is 9.59 Å². The number of rotatable bonds is 8. The minimum absolute atomic E-state index is 0.134. The van der Waals surface area contributed by atoms with Crippen molar-refractivity contribution in [3.8, 4) is 11.5 Å². The molecule has 2 amide bonds. The number of carbonyl (C=O) groups is 2. The molecule has 1 aliphatic rings. The molecule has 1 heterocycles. The average molecular weight is 415 g/mol. The van der Waals surface area contributed by atoms with Gasteiger partial charge < -0.3 is 25.0 Å². The number of likely N-dealkylation sites (N-methyl/N-ethyl adjacent to an activating group) is 1. The molecule has 2 N–H and O–H groups in total. The lowest BCUT2D eigenvalue weighted by molar-refractivity contribution is -0.122. The number of carbonyl (C=O) groups excluding carboxylic acids is 2. The second-order valence-electron chi connectivity index (χ2n) is 7.11. The molecule has 2 aromatic carbocycles. The van der Waals surface area contributed by atoms with Crippen LogP contribution in [-0.4, -0.2) is 52.2 Å². The van der Waals surface area contributed by atoms with Gasteiger partial charge >= 0.3 is 0 Å². The van der Waals surface area contributed by atoms with Crippen molar-refractivity contribution in [2.24, 2.45) is 5.92 Å². The predicted octanol–water partition coefficient (Wildman–Crippen LogP) is 2.22. The van der Waals surface area contributed by atoms with E-state index in [0.29, 0.717) is 29.5 Å². The number of nitrogens with one attached hydrogen (secondary N) is 2. The quantitative estimate of drug-likeness (QED) is 0.691. The van der Waals surface area contributed by atoms with Gasteiger partial charge in [0.2, 0.25) is 0 Å². The number of nitrogens with zero attached hydrogens (tertiary/aromatic N) is 1. The second-order valence-corrected chi connectivity index (χ2v) is 7.11. The summed E-state index contributed by atoms with van der Waals surface area (Å²) >= 11 is 0. The molecule has 8 heteroatoms. The smallest absolute Gasteiger partial charge is 0.257 e. The first-order chi connectivity index (χ1) is 14.5. The van der Waals surface area contributed by atoms with Crippen LogP contribution in [0.15, 0.2) is 42.5 Å². The third-order valence-electron chi connectivity index (χ3n) is 5.09. The number of ether oxygens (including phenoxy) is 2. The second kappa shape index (κ2) is 9.96. The highest BCUT2D eigenvalue weighted by Gasteiger charge is 2.23. The summed E-state index contributed by atoms with van der Waals surface area (Å²) < 4.78 is 23.8. The number of amides is 2. The van der Waals surface area contributed by atoms with Gasteiger partial charge in [-0.1, -0.05) is 0 Å². The summed E-state index contributed by atoms with van der Waals surface area (Å²) in [5, 5.41) is 5.44. The first-order valence-electron chi connectivity index (χ1n) is 9.80. The van der Waals surface area contributed by atoms with Crippen LogP contribution in [0.25, 0.3) is 0 Å². The molecule has 1 fully saturated rings. The summed E-state index contributed by atoms with van der Waals surface area (Å²) in [5.41, 5.74) is 1.44. The normalized spacial score (nSPS) is 15.6. The molecule has 1 atom stereocenters. The molecule has 0 aliphatic carbocycles. The Kier molecular flexibility index (Phi) is 7.11. The van der Waals surface area contributed by atoms with E-state index in [2.05, 4.69) is 15.5 Å². The van der Waals surface area contributed by atoms with Gasteiger partial charge in [-0.2, -0.15) is 0 Å². The highest BCUT2D eigenvalue weighted by molar-refractivity contribution is 5.94. The molecule has 1 saturated heterocycles. The van der Waals surface area contributed by atoms with Gasteiger partial charge in [-0.25, -0.2) is 4.39 Å². The zero-order valence-corrected chi connectivity index (χ0v) is 17.1. The van der Waals surface area contributed by atoms with Crippen molar-refractivity contribution in [1.82, 2.24) is 10.6 Å². The Morgan fingerprint density at radius 2 is 1.93 bits per heavy atom. The van der Waals surface area contributed by atoms with Gasteiger partial charge in [-0.05, 0) is 54.8 Å². The maximum absolute atomic E-state index is 13.1. The van der Waals surface area contributed by atoms with E-state index < -0.39 is 0 Å². The Labute approximate surface area is 175 Å². The van der Waals surface area contributed by atoms with E-state index in [4.69, 9.17) is 9.47 Å². The first-order valence-corrected chi connectivity index (χ1v) is 9.80. The number of methoxy groups -OCH3 is 1. The minimum Gasteiger partial charge on any atom is -0.493 e. The lowest BCUT2D eigenvalue weighted by Crippen LogP contribution is -2.31. The molecule has 0 bridgehead atoms. The molecule has 1 unspecified atom stereocenters. The standard InChI is InChI=1S/C22H26FN3O4/c1-24-21(27)14-30-19-8-3-16(11-20(19)29-2)22(28)25-12-15-9-10-26(13-15)18-6-4-17(23)5-7-18/h3-8,11,15H,9-10,12-14H2,1-2H3,(H,24,27)(H,25,28). The van der Waals surface area contributed by atoms with Crippen LogP contribution in [0.2, 0.25) is 0 Å². The Balaban J connectivity index is 1.53. The average Bonchev–Trinajstić information content (AvgIpc) is 3.25. The highest BCUT2D eigenvalue weighted by atomic mass is 19.1. The molecule has 160 valence electrons. The SMILES string of the molecule is CNC(=O)COc1ccc(C(=O)NCC2CCN(c3ccc(F)cc3)C2)cc1OC. The summed E-state index contributed by atoms with van der Waals surface area (Å²) in [6.07, 6.45) is 0.952.